The molecule has 17 heavy (non-hydrogen) atoms. The maximum absolute atomic E-state index is 12.1. The topological polar surface area (TPSA) is 69.8 Å². The van der Waals surface area contributed by atoms with Crippen LogP contribution in [0.3, 0.4) is 0 Å². The summed E-state index contributed by atoms with van der Waals surface area (Å²) >= 11 is 0. The molecule has 0 bridgehead atoms. The highest BCUT2D eigenvalue weighted by molar-refractivity contribution is 5.85. The number of aliphatic hydroxyl groups excluding tert-OH is 1. The maximum Gasteiger partial charge on any atom is 0.229 e. The van der Waals surface area contributed by atoms with Crippen LogP contribution >= 0.6 is 12.4 Å². The van der Waals surface area contributed by atoms with Gasteiger partial charge in [0.1, 0.15) is 0 Å². The molecule has 1 aliphatic heterocycles. The molecule has 102 valence electrons. The lowest BCUT2D eigenvalue weighted by atomic mass is 9.91. The Hall–Kier alpha value is -0.360. The van der Waals surface area contributed by atoms with Gasteiger partial charge >= 0.3 is 0 Å². The molecule has 6 heteroatoms. The third-order valence-corrected chi connectivity index (χ3v) is 3.16. The van der Waals surface area contributed by atoms with Gasteiger partial charge in [0.25, 0.3) is 0 Å². The van der Waals surface area contributed by atoms with Crippen molar-refractivity contribution in [3.05, 3.63) is 0 Å². The molecule has 0 atom stereocenters. The van der Waals surface area contributed by atoms with Crippen molar-refractivity contribution in [2.75, 3.05) is 45.9 Å². The van der Waals surface area contributed by atoms with Gasteiger partial charge in [-0.05, 0) is 13.8 Å². The molecule has 0 spiro atoms. The molecule has 1 fully saturated rings. The first-order valence-electron chi connectivity index (χ1n) is 5.84. The number of amides is 1. The maximum atomic E-state index is 12.1. The van der Waals surface area contributed by atoms with Crippen molar-refractivity contribution in [1.29, 1.82) is 0 Å². The number of piperazine rings is 1. The number of nitrogens with two attached hydrogens (primary N) is 1. The molecule has 0 unspecified atom stereocenters. The number of β-amino-alcohol motifs (C(OH)–C–C–N with tert-alkyl or cyclic N) is 1. The molecule has 0 aromatic heterocycles. The second kappa shape index (κ2) is 7.16. The predicted octanol–water partition coefficient (Wildman–Crippen LogP) is -0.470. The number of hydrogen-bond acceptors (Lipinski definition) is 4. The molecule has 0 saturated carbocycles. The average Bonchev–Trinajstić information content (AvgIpc) is 2.29. The summed E-state index contributed by atoms with van der Waals surface area (Å²) in [4.78, 5) is 16.1. The van der Waals surface area contributed by atoms with Crippen LogP contribution in [0.5, 0.6) is 0 Å². The highest BCUT2D eigenvalue weighted by Gasteiger charge is 2.32. The summed E-state index contributed by atoms with van der Waals surface area (Å²) in [5.41, 5.74) is 5.14. The summed E-state index contributed by atoms with van der Waals surface area (Å²) in [5, 5.41) is 8.82. The molecule has 1 aliphatic rings. The van der Waals surface area contributed by atoms with Gasteiger partial charge in [-0.15, -0.1) is 12.4 Å². The Morgan fingerprint density at radius 3 is 2.24 bits per heavy atom. The third-order valence-electron chi connectivity index (χ3n) is 3.16. The zero-order valence-electron chi connectivity index (χ0n) is 10.7. The normalized spacial score (nSPS) is 17.8. The van der Waals surface area contributed by atoms with Gasteiger partial charge in [-0.25, -0.2) is 0 Å². The zero-order valence-corrected chi connectivity index (χ0v) is 11.5. The Morgan fingerprint density at radius 2 is 1.82 bits per heavy atom. The first-order valence-corrected chi connectivity index (χ1v) is 5.84. The summed E-state index contributed by atoms with van der Waals surface area (Å²) in [6.07, 6.45) is 0. The van der Waals surface area contributed by atoms with Crippen LogP contribution in [0, 0.1) is 5.41 Å². The van der Waals surface area contributed by atoms with Crippen LogP contribution in [0.1, 0.15) is 13.8 Å². The van der Waals surface area contributed by atoms with Crippen molar-refractivity contribution < 1.29 is 9.90 Å². The fourth-order valence-corrected chi connectivity index (χ4v) is 1.83. The molecule has 1 amide bonds. The molecule has 0 radical (unpaired) electrons. The van der Waals surface area contributed by atoms with Crippen LogP contribution in [0.2, 0.25) is 0 Å². The van der Waals surface area contributed by atoms with Crippen LogP contribution in [-0.2, 0) is 4.79 Å². The predicted molar refractivity (Wildman–Crippen MR) is 70.2 cm³/mol. The number of halogens is 1. The van der Waals surface area contributed by atoms with Gasteiger partial charge in [-0.3, -0.25) is 9.69 Å². The van der Waals surface area contributed by atoms with E-state index in [1.165, 1.54) is 0 Å². The summed E-state index contributed by atoms with van der Waals surface area (Å²) in [6.45, 7) is 8.18. The van der Waals surface area contributed by atoms with E-state index in [0.29, 0.717) is 13.1 Å². The van der Waals surface area contributed by atoms with Crippen molar-refractivity contribution in [3.8, 4) is 0 Å². The summed E-state index contributed by atoms with van der Waals surface area (Å²) in [7, 11) is 0. The first kappa shape index (κ1) is 16.6. The standard InChI is InChI=1S/C11H23N3O2.ClH/c1-11(2,9-12)10(16)14-5-3-13(4-6-14)7-8-15;/h15H,3-9,12H2,1-2H3;1H. The monoisotopic (exact) mass is 265 g/mol. The molecule has 3 N–H and O–H groups in total. The van der Waals surface area contributed by atoms with Gasteiger partial charge in [0.2, 0.25) is 5.91 Å². The summed E-state index contributed by atoms with van der Waals surface area (Å²) in [6, 6.07) is 0. The van der Waals surface area contributed by atoms with E-state index < -0.39 is 5.41 Å². The van der Waals surface area contributed by atoms with Crippen LogP contribution in [0.25, 0.3) is 0 Å². The van der Waals surface area contributed by atoms with E-state index in [2.05, 4.69) is 4.90 Å². The number of carbonyl (C=O) groups excluding carboxylic acids is 1. The molecular formula is C11H24ClN3O2. The number of nitrogens with zero attached hydrogens (tertiary/aromatic N) is 2. The molecule has 0 aromatic rings. The van der Waals surface area contributed by atoms with E-state index in [0.717, 1.165) is 26.2 Å². The van der Waals surface area contributed by atoms with Crippen LogP contribution in [0.15, 0.2) is 0 Å². The smallest absolute Gasteiger partial charge is 0.229 e. The highest BCUT2D eigenvalue weighted by atomic mass is 35.5. The fraction of sp³-hybridized carbons (Fsp3) is 0.909. The minimum atomic E-state index is -0.459. The van der Waals surface area contributed by atoms with Gasteiger partial charge in [0.15, 0.2) is 0 Å². The Labute approximate surface area is 109 Å². The lowest BCUT2D eigenvalue weighted by molar-refractivity contribution is -0.141. The second-order valence-electron chi connectivity index (χ2n) is 4.95. The van der Waals surface area contributed by atoms with Gasteiger partial charge in [0.05, 0.1) is 12.0 Å². The molecule has 0 aromatic carbocycles. The van der Waals surface area contributed by atoms with Crippen LogP contribution in [-0.4, -0.2) is 66.7 Å². The van der Waals surface area contributed by atoms with Crippen LogP contribution < -0.4 is 5.73 Å². The van der Waals surface area contributed by atoms with Crippen molar-refractivity contribution in [1.82, 2.24) is 9.80 Å². The largest absolute Gasteiger partial charge is 0.395 e. The van der Waals surface area contributed by atoms with E-state index in [4.69, 9.17) is 10.8 Å². The second-order valence-corrected chi connectivity index (χ2v) is 4.95. The van der Waals surface area contributed by atoms with Gasteiger partial charge in [-0.2, -0.15) is 0 Å². The highest BCUT2D eigenvalue weighted by Crippen LogP contribution is 2.18. The van der Waals surface area contributed by atoms with Crippen molar-refractivity contribution in [2.45, 2.75) is 13.8 Å². The minimum absolute atomic E-state index is 0. The Kier molecular flexibility index (Phi) is 7.01. The van der Waals surface area contributed by atoms with E-state index in [1.807, 2.05) is 18.7 Å². The minimum Gasteiger partial charge on any atom is -0.395 e. The van der Waals surface area contributed by atoms with Gasteiger partial charge < -0.3 is 15.7 Å². The lowest BCUT2D eigenvalue weighted by Gasteiger charge is -2.38. The zero-order chi connectivity index (χ0) is 12.2. The first-order chi connectivity index (χ1) is 7.51. The van der Waals surface area contributed by atoms with Crippen LogP contribution in [0.4, 0.5) is 0 Å². The van der Waals surface area contributed by atoms with Gasteiger partial charge in [0, 0.05) is 39.3 Å². The van der Waals surface area contributed by atoms with E-state index in [9.17, 15) is 4.79 Å². The van der Waals surface area contributed by atoms with Crippen molar-refractivity contribution in [3.63, 3.8) is 0 Å². The molecule has 0 aliphatic carbocycles. The molecule has 5 nitrogen and oxygen atoms in total. The van der Waals surface area contributed by atoms with E-state index in [1.54, 1.807) is 0 Å². The van der Waals surface area contributed by atoms with Crippen molar-refractivity contribution in [2.24, 2.45) is 11.1 Å². The third kappa shape index (κ3) is 4.43. The van der Waals surface area contributed by atoms with Crippen molar-refractivity contribution >= 4 is 18.3 Å². The summed E-state index contributed by atoms with van der Waals surface area (Å²) < 4.78 is 0. The van der Waals surface area contributed by atoms with E-state index >= 15 is 0 Å². The van der Waals surface area contributed by atoms with Gasteiger partial charge in [-0.1, -0.05) is 0 Å². The number of aliphatic hydroxyl groups is 1. The average molecular weight is 266 g/mol. The molecule has 1 rings (SSSR count). The Bertz CT molecular complexity index is 241. The van der Waals surface area contributed by atoms with E-state index in [-0.39, 0.29) is 24.9 Å². The molecule has 1 heterocycles. The quantitative estimate of drug-likeness (QED) is 0.721. The molecular weight excluding hydrogens is 242 g/mol. The SMILES string of the molecule is CC(C)(CN)C(=O)N1CCN(CCO)CC1.Cl. The Balaban J connectivity index is 0.00000256. The fourth-order valence-electron chi connectivity index (χ4n) is 1.83. The lowest BCUT2D eigenvalue weighted by Crippen LogP contribution is -2.53. The number of rotatable bonds is 4. The molecule has 1 saturated heterocycles. The summed E-state index contributed by atoms with van der Waals surface area (Å²) in [5.74, 6) is 0.138. The number of hydrogen-bond donors (Lipinski definition) is 2. The number of carbonyl (C=O) groups is 1. The Morgan fingerprint density at radius 1 is 1.29 bits per heavy atom.